The molecule has 0 aliphatic heterocycles. The van der Waals surface area contributed by atoms with E-state index in [1.54, 1.807) is 39.3 Å². The summed E-state index contributed by atoms with van der Waals surface area (Å²) in [6.45, 7) is 10.6. The molecule has 0 saturated heterocycles. The van der Waals surface area contributed by atoms with Crippen LogP contribution in [0.15, 0.2) is 24.2 Å². The fourth-order valence-corrected chi connectivity index (χ4v) is 2.59. The Kier molecular flexibility index (Phi) is 3.34. The highest BCUT2D eigenvalue weighted by molar-refractivity contribution is 6.72. The highest BCUT2D eigenvalue weighted by atomic mass is 28.4. The van der Waals surface area contributed by atoms with Gasteiger partial charge in [0.15, 0.2) is 0 Å². The zero-order valence-corrected chi connectivity index (χ0v) is 14.6. The van der Waals surface area contributed by atoms with Gasteiger partial charge in [-0.1, -0.05) is 12.1 Å². The predicted molar refractivity (Wildman–Crippen MR) is 84.0 cm³/mol. The minimum absolute atomic E-state index is 0.466. The molecule has 0 amide bonds. The summed E-state index contributed by atoms with van der Waals surface area (Å²) in [6, 6.07) is -2.37. The third-order valence-electron chi connectivity index (χ3n) is 1.89. The Morgan fingerprint density at radius 2 is 1.15 bits per heavy atom. The lowest BCUT2D eigenvalue weighted by Crippen LogP contribution is -2.32. The Balaban J connectivity index is 3.61. The van der Waals surface area contributed by atoms with Crippen LogP contribution in [0.1, 0.15) is 26.2 Å². The standard InChI is InChI=1S/C14H22O4Si2/c1-19(2,3)17-13(15)11-9-7-8-10-12(11)14(16)18-20(4,5)6/h7-10H,1-6H3/i7D,8D,9D,10D. The number of benzene rings is 1. The highest BCUT2D eigenvalue weighted by Crippen LogP contribution is 2.17. The second-order valence-electron chi connectivity index (χ2n) is 6.25. The van der Waals surface area contributed by atoms with Crippen molar-refractivity contribution < 1.29 is 23.9 Å². The van der Waals surface area contributed by atoms with Crippen LogP contribution in [0.4, 0.5) is 0 Å². The number of hydrogen-bond donors (Lipinski definition) is 0. The van der Waals surface area contributed by atoms with Gasteiger partial charge in [-0.05, 0) is 51.4 Å². The first-order valence-electron chi connectivity index (χ1n) is 8.22. The average molecular weight is 315 g/mol. The van der Waals surface area contributed by atoms with Gasteiger partial charge in [0.25, 0.3) is 0 Å². The molecule has 0 saturated carbocycles. The van der Waals surface area contributed by atoms with E-state index < -0.39 is 63.9 Å². The van der Waals surface area contributed by atoms with Crippen LogP contribution in [0.2, 0.25) is 39.3 Å². The molecule has 0 heterocycles. The molecule has 0 unspecified atom stereocenters. The molecule has 0 atom stereocenters. The van der Waals surface area contributed by atoms with Crippen LogP contribution in [-0.4, -0.2) is 28.6 Å². The Morgan fingerprint density at radius 1 is 0.850 bits per heavy atom. The maximum absolute atomic E-state index is 12.5. The second-order valence-corrected chi connectivity index (χ2v) is 15.1. The lowest BCUT2D eigenvalue weighted by Gasteiger charge is -2.20. The van der Waals surface area contributed by atoms with Crippen molar-refractivity contribution in [1.82, 2.24) is 0 Å². The Bertz CT molecular complexity index is 635. The second kappa shape index (κ2) is 5.93. The monoisotopic (exact) mass is 314 g/mol. The summed E-state index contributed by atoms with van der Waals surface area (Å²) in [5, 5.41) is 0. The average Bonchev–Trinajstić information content (AvgIpc) is 2.35. The Morgan fingerprint density at radius 3 is 1.40 bits per heavy atom. The van der Waals surface area contributed by atoms with E-state index in [1.807, 2.05) is 0 Å². The van der Waals surface area contributed by atoms with E-state index in [1.165, 1.54) is 0 Å². The predicted octanol–water partition coefficient (Wildman–Crippen LogP) is 3.67. The number of hydrogen-bond acceptors (Lipinski definition) is 4. The summed E-state index contributed by atoms with van der Waals surface area (Å²) in [6.07, 6.45) is 0. The molecule has 0 aliphatic carbocycles. The van der Waals surface area contributed by atoms with Crippen LogP contribution in [0.3, 0.4) is 0 Å². The zero-order chi connectivity index (χ0) is 19.0. The normalized spacial score (nSPS) is 14.7. The van der Waals surface area contributed by atoms with Crippen LogP contribution in [0, 0.1) is 0 Å². The molecule has 0 aromatic heterocycles. The summed E-state index contributed by atoms with van der Waals surface area (Å²) >= 11 is 0. The molecule has 110 valence electrons. The van der Waals surface area contributed by atoms with E-state index in [-0.39, 0.29) is 0 Å². The maximum Gasteiger partial charge on any atom is 0.325 e. The molecule has 20 heavy (non-hydrogen) atoms. The minimum atomic E-state index is -2.32. The molecular weight excluding hydrogens is 288 g/mol. The van der Waals surface area contributed by atoms with Crippen molar-refractivity contribution in [2.75, 3.05) is 0 Å². The van der Waals surface area contributed by atoms with E-state index in [2.05, 4.69) is 0 Å². The Hall–Kier alpha value is -1.41. The fraction of sp³-hybridized carbons (Fsp3) is 0.429. The third-order valence-corrected chi connectivity index (χ3v) is 3.49. The van der Waals surface area contributed by atoms with Crippen molar-refractivity contribution in [3.05, 3.63) is 35.3 Å². The van der Waals surface area contributed by atoms with Gasteiger partial charge in [0.1, 0.15) is 0 Å². The van der Waals surface area contributed by atoms with Crippen LogP contribution < -0.4 is 0 Å². The van der Waals surface area contributed by atoms with Crippen molar-refractivity contribution in [1.29, 1.82) is 0 Å². The molecule has 6 heteroatoms. The highest BCUT2D eigenvalue weighted by Gasteiger charge is 2.27. The minimum Gasteiger partial charge on any atom is -0.516 e. The van der Waals surface area contributed by atoms with Gasteiger partial charge < -0.3 is 8.85 Å². The van der Waals surface area contributed by atoms with E-state index >= 15 is 0 Å². The Labute approximate surface area is 128 Å². The van der Waals surface area contributed by atoms with Crippen molar-refractivity contribution >= 4 is 28.6 Å². The van der Waals surface area contributed by atoms with Gasteiger partial charge in [-0.3, -0.25) is 0 Å². The molecule has 0 spiro atoms. The van der Waals surface area contributed by atoms with Gasteiger partial charge in [-0.15, -0.1) is 0 Å². The summed E-state index contributed by atoms with van der Waals surface area (Å²) in [4.78, 5) is 24.9. The molecular formula is C14H22O4Si2. The fourth-order valence-electron chi connectivity index (χ4n) is 1.28. The lowest BCUT2D eigenvalue weighted by molar-refractivity contribution is 0.0680. The smallest absolute Gasteiger partial charge is 0.325 e. The van der Waals surface area contributed by atoms with E-state index in [0.29, 0.717) is 0 Å². The van der Waals surface area contributed by atoms with Gasteiger partial charge >= 0.3 is 11.9 Å². The molecule has 0 bridgehead atoms. The molecule has 0 radical (unpaired) electrons. The van der Waals surface area contributed by atoms with Gasteiger partial charge in [-0.2, -0.15) is 0 Å². The topological polar surface area (TPSA) is 52.6 Å². The largest absolute Gasteiger partial charge is 0.516 e. The van der Waals surface area contributed by atoms with E-state index in [0.717, 1.165) is 0 Å². The van der Waals surface area contributed by atoms with E-state index in [4.69, 9.17) is 14.3 Å². The van der Waals surface area contributed by atoms with Crippen molar-refractivity contribution in [3.8, 4) is 0 Å². The van der Waals surface area contributed by atoms with Gasteiger partial charge in [0.2, 0.25) is 16.6 Å². The quantitative estimate of drug-likeness (QED) is 0.796. The maximum atomic E-state index is 12.5. The van der Waals surface area contributed by atoms with Crippen molar-refractivity contribution in [3.63, 3.8) is 0 Å². The summed E-state index contributed by atoms with van der Waals surface area (Å²) in [5.41, 5.74) is -0.932. The number of carbonyl (C=O) groups is 2. The summed E-state index contributed by atoms with van der Waals surface area (Å²) in [7, 11) is -4.65. The number of rotatable bonds is 4. The molecule has 4 nitrogen and oxygen atoms in total. The van der Waals surface area contributed by atoms with Crippen LogP contribution in [-0.2, 0) is 8.85 Å². The molecule has 1 rings (SSSR count). The van der Waals surface area contributed by atoms with Crippen LogP contribution >= 0.6 is 0 Å². The van der Waals surface area contributed by atoms with Gasteiger partial charge in [0, 0.05) is 0 Å². The van der Waals surface area contributed by atoms with Crippen molar-refractivity contribution in [2.45, 2.75) is 39.3 Å². The van der Waals surface area contributed by atoms with Crippen LogP contribution in [0.5, 0.6) is 0 Å². The number of carbonyl (C=O) groups excluding carboxylic acids is 2. The molecule has 0 fully saturated rings. The first-order valence-corrected chi connectivity index (χ1v) is 13.0. The molecule has 1 aromatic rings. The first kappa shape index (κ1) is 11.3. The lowest BCUT2D eigenvalue weighted by atomic mass is 10.1. The van der Waals surface area contributed by atoms with Crippen LogP contribution in [0.25, 0.3) is 0 Å². The van der Waals surface area contributed by atoms with Crippen molar-refractivity contribution in [2.24, 2.45) is 0 Å². The van der Waals surface area contributed by atoms with Gasteiger partial charge in [-0.25, -0.2) is 9.59 Å². The first-order chi connectivity index (χ1) is 10.7. The van der Waals surface area contributed by atoms with E-state index in [9.17, 15) is 9.59 Å². The summed E-state index contributed by atoms with van der Waals surface area (Å²) in [5.74, 6) is -1.85. The molecule has 0 N–H and O–H groups in total. The molecule has 0 aliphatic rings. The zero-order valence-electron chi connectivity index (χ0n) is 16.6. The third kappa shape index (κ3) is 5.30. The molecule has 1 aromatic carbocycles. The van der Waals surface area contributed by atoms with Gasteiger partial charge in [0.05, 0.1) is 16.6 Å². The summed E-state index contributed by atoms with van der Waals surface area (Å²) < 4.78 is 42.1. The SMILES string of the molecule is [2H]c1c([2H])c([2H])c(C(=O)O[Si](C)(C)C)c(C(=O)O[Si](C)(C)C)c1[2H].